The van der Waals surface area contributed by atoms with Crippen molar-refractivity contribution in [3.8, 4) is 17.6 Å². The van der Waals surface area contributed by atoms with Crippen LogP contribution in [0.3, 0.4) is 0 Å². The second-order valence-electron chi connectivity index (χ2n) is 4.59. The summed E-state index contributed by atoms with van der Waals surface area (Å²) in [5, 5.41) is 19.7. The number of nitro groups is 1. The van der Waals surface area contributed by atoms with Crippen molar-refractivity contribution in [2.75, 3.05) is 7.11 Å². The second kappa shape index (κ2) is 6.59. The van der Waals surface area contributed by atoms with Gasteiger partial charge in [0.15, 0.2) is 11.5 Å². The average molecular weight is 298 g/mol. The van der Waals surface area contributed by atoms with Gasteiger partial charge < -0.3 is 9.47 Å². The summed E-state index contributed by atoms with van der Waals surface area (Å²) in [6.45, 7) is 1.79. The fourth-order valence-corrected chi connectivity index (χ4v) is 1.98. The third-order valence-electron chi connectivity index (χ3n) is 3.15. The molecule has 112 valence electrons. The van der Waals surface area contributed by atoms with Crippen molar-refractivity contribution in [1.82, 2.24) is 0 Å². The van der Waals surface area contributed by atoms with E-state index >= 15 is 0 Å². The standard InChI is InChI=1S/C16H14N2O4/c1-11(13-4-3-5-14(9-13)18(19)20)22-15-7-6-12(10-17)8-16(15)21-2/h3-9,11H,1-2H3/t11-/m0/s1. The molecule has 0 unspecified atom stereocenters. The Kier molecular flexibility index (Phi) is 4.59. The van der Waals surface area contributed by atoms with E-state index in [1.165, 1.54) is 19.2 Å². The van der Waals surface area contributed by atoms with Gasteiger partial charge in [-0.05, 0) is 24.6 Å². The lowest BCUT2D eigenvalue weighted by atomic mass is 10.1. The van der Waals surface area contributed by atoms with Gasteiger partial charge in [-0.2, -0.15) is 5.26 Å². The van der Waals surface area contributed by atoms with Crippen LogP contribution in [0.4, 0.5) is 5.69 Å². The van der Waals surface area contributed by atoms with E-state index in [9.17, 15) is 10.1 Å². The summed E-state index contributed by atoms with van der Waals surface area (Å²) in [7, 11) is 1.49. The van der Waals surface area contributed by atoms with Gasteiger partial charge in [-0.15, -0.1) is 0 Å². The van der Waals surface area contributed by atoms with Gasteiger partial charge in [0.1, 0.15) is 6.10 Å². The van der Waals surface area contributed by atoms with Crippen LogP contribution in [0.5, 0.6) is 11.5 Å². The molecule has 0 aliphatic rings. The molecule has 0 N–H and O–H groups in total. The summed E-state index contributed by atoms with van der Waals surface area (Å²) in [5.41, 5.74) is 1.16. The molecular formula is C16H14N2O4. The summed E-state index contributed by atoms with van der Waals surface area (Å²) < 4.78 is 11.0. The molecule has 0 aliphatic carbocycles. The smallest absolute Gasteiger partial charge is 0.269 e. The van der Waals surface area contributed by atoms with Crippen LogP contribution in [0.2, 0.25) is 0 Å². The maximum atomic E-state index is 10.8. The molecule has 1 atom stereocenters. The monoisotopic (exact) mass is 298 g/mol. The second-order valence-corrected chi connectivity index (χ2v) is 4.59. The number of hydrogen-bond acceptors (Lipinski definition) is 5. The first-order valence-electron chi connectivity index (χ1n) is 6.54. The van der Waals surface area contributed by atoms with Gasteiger partial charge in [0.05, 0.1) is 23.7 Å². The van der Waals surface area contributed by atoms with Crippen molar-refractivity contribution in [1.29, 1.82) is 5.26 Å². The van der Waals surface area contributed by atoms with Crippen LogP contribution in [0, 0.1) is 21.4 Å². The first-order chi connectivity index (χ1) is 10.5. The van der Waals surface area contributed by atoms with Crippen LogP contribution in [0.1, 0.15) is 24.2 Å². The first kappa shape index (κ1) is 15.3. The highest BCUT2D eigenvalue weighted by Gasteiger charge is 2.14. The van der Waals surface area contributed by atoms with Crippen molar-refractivity contribution < 1.29 is 14.4 Å². The minimum atomic E-state index is -0.446. The molecule has 0 fully saturated rings. The summed E-state index contributed by atoms with van der Waals surface area (Å²) in [5.74, 6) is 0.914. The van der Waals surface area contributed by atoms with Gasteiger partial charge in [-0.1, -0.05) is 12.1 Å². The third kappa shape index (κ3) is 3.33. The largest absolute Gasteiger partial charge is 0.493 e. The summed E-state index contributed by atoms with van der Waals surface area (Å²) in [4.78, 5) is 10.4. The number of hydrogen-bond donors (Lipinski definition) is 0. The van der Waals surface area contributed by atoms with Crippen molar-refractivity contribution in [2.45, 2.75) is 13.0 Å². The highest BCUT2D eigenvalue weighted by Crippen LogP contribution is 2.32. The maximum Gasteiger partial charge on any atom is 0.269 e. The Morgan fingerprint density at radius 3 is 2.64 bits per heavy atom. The minimum absolute atomic E-state index is 0.0137. The van der Waals surface area contributed by atoms with Crippen LogP contribution in [0.25, 0.3) is 0 Å². The SMILES string of the molecule is COc1cc(C#N)ccc1O[C@@H](C)c1cccc([N+](=O)[O-])c1. The number of methoxy groups -OCH3 is 1. The third-order valence-corrected chi connectivity index (χ3v) is 3.15. The normalized spacial score (nSPS) is 11.3. The van der Waals surface area contributed by atoms with Crippen molar-refractivity contribution in [2.24, 2.45) is 0 Å². The predicted molar refractivity (Wildman–Crippen MR) is 79.8 cm³/mol. The molecule has 0 radical (unpaired) electrons. The van der Waals surface area contributed by atoms with Crippen LogP contribution in [-0.4, -0.2) is 12.0 Å². The molecule has 6 heteroatoms. The van der Waals surface area contributed by atoms with Crippen LogP contribution < -0.4 is 9.47 Å². The number of nitro benzene ring substituents is 1. The van der Waals surface area contributed by atoms with Gasteiger partial charge in [-0.25, -0.2) is 0 Å². The lowest BCUT2D eigenvalue weighted by molar-refractivity contribution is -0.385. The fraction of sp³-hybridized carbons (Fsp3) is 0.188. The Morgan fingerprint density at radius 2 is 2.00 bits per heavy atom. The van der Waals surface area contributed by atoms with Crippen LogP contribution >= 0.6 is 0 Å². The summed E-state index contributed by atoms with van der Waals surface area (Å²) >= 11 is 0. The zero-order valence-electron chi connectivity index (χ0n) is 12.1. The molecule has 0 spiro atoms. The topological polar surface area (TPSA) is 85.4 Å². The summed E-state index contributed by atoms with van der Waals surface area (Å²) in [6.07, 6.45) is -0.401. The summed E-state index contributed by atoms with van der Waals surface area (Å²) in [6, 6.07) is 13.1. The van der Waals surface area contributed by atoms with E-state index < -0.39 is 11.0 Å². The van der Waals surface area contributed by atoms with Crippen LogP contribution in [0.15, 0.2) is 42.5 Å². The zero-order chi connectivity index (χ0) is 16.1. The molecular weight excluding hydrogens is 284 g/mol. The maximum absolute atomic E-state index is 10.8. The quantitative estimate of drug-likeness (QED) is 0.621. The Labute approximate surface area is 127 Å². The predicted octanol–water partition coefficient (Wildman–Crippen LogP) is 3.62. The molecule has 0 aromatic heterocycles. The van der Waals surface area contributed by atoms with Crippen molar-refractivity contribution in [3.05, 3.63) is 63.7 Å². The Bertz CT molecular complexity index is 737. The molecule has 6 nitrogen and oxygen atoms in total. The number of nitriles is 1. The highest BCUT2D eigenvalue weighted by atomic mass is 16.6. The van der Waals surface area contributed by atoms with E-state index in [1.807, 2.05) is 6.07 Å². The fourth-order valence-electron chi connectivity index (χ4n) is 1.98. The number of rotatable bonds is 5. The van der Waals surface area contributed by atoms with E-state index in [2.05, 4.69) is 0 Å². The van der Waals surface area contributed by atoms with E-state index in [-0.39, 0.29) is 5.69 Å². The van der Waals surface area contributed by atoms with Gasteiger partial charge in [0.2, 0.25) is 0 Å². The highest BCUT2D eigenvalue weighted by molar-refractivity contribution is 5.47. The Balaban J connectivity index is 2.25. The Hall–Kier alpha value is -3.07. The molecule has 0 aliphatic heterocycles. The minimum Gasteiger partial charge on any atom is -0.493 e. The molecule has 0 heterocycles. The van der Waals surface area contributed by atoms with E-state index in [0.717, 1.165) is 0 Å². The van der Waals surface area contributed by atoms with E-state index in [0.29, 0.717) is 22.6 Å². The van der Waals surface area contributed by atoms with E-state index in [1.54, 1.807) is 37.3 Å². The molecule has 22 heavy (non-hydrogen) atoms. The lowest BCUT2D eigenvalue weighted by Crippen LogP contribution is -2.05. The molecule has 2 aromatic carbocycles. The van der Waals surface area contributed by atoms with Gasteiger partial charge in [0, 0.05) is 18.2 Å². The van der Waals surface area contributed by atoms with Gasteiger partial charge in [0.25, 0.3) is 5.69 Å². The molecule has 2 rings (SSSR count). The number of ether oxygens (including phenoxy) is 2. The molecule has 2 aromatic rings. The van der Waals surface area contributed by atoms with Crippen molar-refractivity contribution in [3.63, 3.8) is 0 Å². The lowest BCUT2D eigenvalue weighted by Gasteiger charge is -2.17. The molecule has 0 amide bonds. The van der Waals surface area contributed by atoms with Crippen molar-refractivity contribution >= 4 is 5.69 Å². The van der Waals surface area contributed by atoms with Gasteiger partial charge >= 0.3 is 0 Å². The number of non-ortho nitro benzene ring substituents is 1. The average Bonchev–Trinajstić information content (AvgIpc) is 2.55. The Morgan fingerprint density at radius 1 is 1.23 bits per heavy atom. The van der Waals surface area contributed by atoms with Crippen LogP contribution in [-0.2, 0) is 0 Å². The number of benzene rings is 2. The number of nitrogens with zero attached hydrogens (tertiary/aromatic N) is 2. The van der Waals surface area contributed by atoms with Gasteiger partial charge in [-0.3, -0.25) is 10.1 Å². The molecule has 0 bridgehead atoms. The molecule has 0 saturated carbocycles. The first-order valence-corrected chi connectivity index (χ1v) is 6.54. The van der Waals surface area contributed by atoms with E-state index in [4.69, 9.17) is 14.7 Å². The molecule has 0 saturated heterocycles. The zero-order valence-corrected chi connectivity index (χ0v) is 12.1.